The SMILES string of the molecule is N#Cc1c(C(F)(F)F)cc(-c2ccccc2)n(Cc2ccc(CCOCO)cc2)c1=O. The zero-order valence-corrected chi connectivity index (χ0v) is 16.4. The molecule has 0 aliphatic rings. The van der Waals surface area contributed by atoms with Gasteiger partial charge < -0.3 is 14.4 Å². The first-order valence-electron chi connectivity index (χ1n) is 9.42. The molecule has 0 amide bonds. The molecule has 0 spiro atoms. The minimum atomic E-state index is -4.83. The largest absolute Gasteiger partial charge is 0.417 e. The summed E-state index contributed by atoms with van der Waals surface area (Å²) < 4.78 is 46.6. The summed E-state index contributed by atoms with van der Waals surface area (Å²) in [6, 6.07) is 17.7. The third-order valence-corrected chi connectivity index (χ3v) is 4.78. The molecule has 0 radical (unpaired) electrons. The Morgan fingerprint density at radius 2 is 1.68 bits per heavy atom. The zero-order valence-electron chi connectivity index (χ0n) is 16.4. The van der Waals surface area contributed by atoms with Gasteiger partial charge in [-0.15, -0.1) is 0 Å². The lowest BCUT2D eigenvalue weighted by Gasteiger charge is -2.18. The minimum Gasteiger partial charge on any atom is -0.371 e. The number of aliphatic hydroxyl groups excluding tert-OH is 1. The summed E-state index contributed by atoms with van der Waals surface area (Å²) in [6.07, 6.45) is -4.25. The Morgan fingerprint density at radius 3 is 2.26 bits per heavy atom. The lowest BCUT2D eigenvalue weighted by molar-refractivity contribution is -0.137. The second-order valence-corrected chi connectivity index (χ2v) is 6.79. The molecule has 31 heavy (non-hydrogen) atoms. The molecule has 0 aliphatic heterocycles. The third kappa shape index (κ3) is 5.20. The van der Waals surface area contributed by atoms with Crippen LogP contribution < -0.4 is 5.56 Å². The highest BCUT2D eigenvalue weighted by atomic mass is 19.4. The van der Waals surface area contributed by atoms with Gasteiger partial charge in [0.05, 0.1) is 24.4 Å². The third-order valence-electron chi connectivity index (χ3n) is 4.78. The molecule has 1 heterocycles. The first kappa shape index (κ1) is 22.3. The first-order chi connectivity index (χ1) is 14.8. The Labute approximate surface area is 176 Å². The molecule has 8 heteroatoms. The van der Waals surface area contributed by atoms with E-state index < -0.39 is 22.9 Å². The van der Waals surface area contributed by atoms with Crippen LogP contribution >= 0.6 is 0 Å². The Morgan fingerprint density at radius 1 is 1.03 bits per heavy atom. The van der Waals surface area contributed by atoms with E-state index in [1.807, 2.05) is 12.1 Å². The summed E-state index contributed by atoms with van der Waals surface area (Å²) in [6.45, 7) is -0.0143. The molecule has 1 N–H and O–H groups in total. The Balaban J connectivity index is 2.07. The summed E-state index contributed by atoms with van der Waals surface area (Å²) in [5, 5.41) is 17.9. The van der Waals surface area contributed by atoms with E-state index in [9.17, 15) is 23.2 Å². The first-order valence-corrected chi connectivity index (χ1v) is 9.42. The van der Waals surface area contributed by atoms with Crippen LogP contribution in [-0.4, -0.2) is 23.1 Å². The predicted octanol–water partition coefficient (Wildman–Crippen LogP) is 3.96. The van der Waals surface area contributed by atoms with Crippen molar-refractivity contribution in [2.45, 2.75) is 19.1 Å². The Kier molecular flexibility index (Phi) is 6.90. The second kappa shape index (κ2) is 9.60. The quantitative estimate of drug-likeness (QED) is 0.457. The smallest absolute Gasteiger partial charge is 0.371 e. The monoisotopic (exact) mass is 428 g/mol. The van der Waals surface area contributed by atoms with E-state index in [0.29, 0.717) is 24.2 Å². The van der Waals surface area contributed by atoms with E-state index in [4.69, 9.17) is 9.84 Å². The number of nitrogens with zero attached hydrogens (tertiary/aromatic N) is 2. The summed E-state index contributed by atoms with van der Waals surface area (Å²) in [5.74, 6) is 0. The number of aromatic nitrogens is 1. The molecule has 3 aromatic rings. The number of benzene rings is 2. The lowest BCUT2D eigenvalue weighted by atomic mass is 10.0. The fraction of sp³-hybridized carbons (Fsp3) is 0.217. The fourth-order valence-electron chi connectivity index (χ4n) is 3.23. The van der Waals surface area contributed by atoms with Crippen molar-refractivity contribution >= 4 is 0 Å². The number of nitriles is 1. The van der Waals surface area contributed by atoms with Gasteiger partial charge in [-0.25, -0.2) is 0 Å². The van der Waals surface area contributed by atoms with E-state index in [1.54, 1.807) is 42.5 Å². The van der Waals surface area contributed by atoms with Crippen LogP contribution in [0.1, 0.15) is 22.3 Å². The highest BCUT2D eigenvalue weighted by molar-refractivity contribution is 5.62. The summed E-state index contributed by atoms with van der Waals surface area (Å²) in [7, 11) is 0. The van der Waals surface area contributed by atoms with Gasteiger partial charge in [-0.2, -0.15) is 18.4 Å². The number of hydrogen-bond acceptors (Lipinski definition) is 4. The van der Waals surface area contributed by atoms with Gasteiger partial charge in [0, 0.05) is 0 Å². The molecule has 1 aromatic heterocycles. The van der Waals surface area contributed by atoms with E-state index in [2.05, 4.69) is 0 Å². The number of rotatable bonds is 7. The molecule has 0 saturated carbocycles. The average molecular weight is 428 g/mol. The molecule has 0 saturated heterocycles. The molecule has 2 aromatic carbocycles. The standard InChI is InChI=1S/C23H19F3N2O3/c24-23(25,26)20-12-21(18-4-2-1-3-5-18)28(22(30)19(20)13-27)14-17-8-6-16(7-9-17)10-11-31-15-29/h1-9,12,29H,10-11,14-15H2. The van der Waals surface area contributed by atoms with E-state index in [1.165, 1.54) is 10.6 Å². The predicted molar refractivity (Wildman–Crippen MR) is 108 cm³/mol. The normalized spacial score (nSPS) is 11.3. The van der Waals surface area contributed by atoms with Crippen LogP contribution in [0.25, 0.3) is 11.3 Å². The number of ether oxygens (including phenoxy) is 1. The van der Waals surface area contributed by atoms with E-state index in [-0.39, 0.29) is 19.0 Å². The molecule has 160 valence electrons. The van der Waals surface area contributed by atoms with Crippen LogP contribution in [-0.2, 0) is 23.9 Å². The zero-order chi connectivity index (χ0) is 22.4. The van der Waals surface area contributed by atoms with Crippen molar-refractivity contribution in [2.75, 3.05) is 13.4 Å². The number of hydrogen-bond donors (Lipinski definition) is 1. The number of aliphatic hydroxyl groups is 1. The van der Waals surface area contributed by atoms with Crippen LogP contribution in [0.4, 0.5) is 13.2 Å². The van der Waals surface area contributed by atoms with Crippen LogP contribution in [0.15, 0.2) is 65.5 Å². The van der Waals surface area contributed by atoms with Gasteiger partial charge in [-0.1, -0.05) is 54.6 Å². The summed E-state index contributed by atoms with van der Waals surface area (Å²) in [4.78, 5) is 12.9. The molecule has 3 rings (SSSR count). The van der Waals surface area contributed by atoms with Gasteiger partial charge in [-0.3, -0.25) is 4.79 Å². The van der Waals surface area contributed by atoms with Gasteiger partial charge in [0.1, 0.15) is 18.4 Å². The van der Waals surface area contributed by atoms with Gasteiger partial charge in [0.2, 0.25) is 0 Å². The van der Waals surface area contributed by atoms with Crippen LogP contribution in [0.3, 0.4) is 0 Å². The van der Waals surface area contributed by atoms with Crippen LogP contribution in [0.5, 0.6) is 0 Å². The second-order valence-electron chi connectivity index (χ2n) is 6.79. The number of alkyl halides is 3. The van der Waals surface area contributed by atoms with Crippen molar-refractivity contribution < 1.29 is 23.0 Å². The van der Waals surface area contributed by atoms with Crippen molar-refractivity contribution in [3.63, 3.8) is 0 Å². The maximum absolute atomic E-state index is 13.5. The maximum Gasteiger partial charge on any atom is 0.417 e. The Hall–Kier alpha value is -3.41. The maximum atomic E-state index is 13.5. The van der Waals surface area contributed by atoms with Crippen LogP contribution in [0.2, 0.25) is 0 Å². The fourth-order valence-corrected chi connectivity index (χ4v) is 3.23. The van der Waals surface area contributed by atoms with Crippen molar-refractivity contribution in [1.29, 1.82) is 5.26 Å². The highest BCUT2D eigenvalue weighted by Gasteiger charge is 2.36. The van der Waals surface area contributed by atoms with Gasteiger partial charge in [0.25, 0.3) is 5.56 Å². The van der Waals surface area contributed by atoms with Crippen molar-refractivity contribution in [1.82, 2.24) is 4.57 Å². The summed E-state index contributed by atoms with van der Waals surface area (Å²) in [5.41, 5.74) is -1.01. The molecule has 0 unspecified atom stereocenters. The average Bonchev–Trinajstić information content (AvgIpc) is 2.76. The Bertz CT molecular complexity index is 1130. The van der Waals surface area contributed by atoms with Crippen molar-refractivity contribution in [3.05, 3.63) is 93.3 Å². The molecule has 0 aliphatic carbocycles. The minimum absolute atomic E-state index is 0.00327. The van der Waals surface area contributed by atoms with Crippen molar-refractivity contribution in [3.8, 4) is 17.3 Å². The van der Waals surface area contributed by atoms with Gasteiger partial charge in [-0.05, 0) is 29.2 Å². The van der Waals surface area contributed by atoms with E-state index in [0.717, 1.165) is 11.6 Å². The van der Waals surface area contributed by atoms with Crippen molar-refractivity contribution in [2.24, 2.45) is 0 Å². The van der Waals surface area contributed by atoms with Crippen LogP contribution in [0, 0.1) is 11.3 Å². The molecule has 0 bridgehead atoms. The molecule has 5 nitrogen and oxygen atoms in total. The highest BCUT2D eigenvalue weighted by Crippen LogP contribution is 2.33. The number of halogens is 3. The molecular weight excluding hydrogens is 409 g/mol. The molecule has 0 atom stereocenters. The number of pyridine rings is 1. The van der Waals surface area contributed by atoms with E-state index >= 15 is 0 Å². The summed E-state index contributed by atoms with van der Waals surface area (Å²) >= 11 is 0. The molecule has 0 fully saturated rings. The topological polar surface area (TPSA) is 75.2 Å². The van der Waals surface area contributed by atoms with Gasteiger partial charge in [0.15, 0.2) is 0 Å². The van der Waals surface area contributed by atoms with Gasteiger partial charge >= 0.3 is 6.18 Å². The lowest BCUT2D eigenvalue weighted by Crippen LogP contribution is -2.28. The molecular formula is C23H19F3N2O3.